The van der Waals surface area contributed by atoms with Gasteiger partial charge >= 0.3 is 5.97 Å². The summed E-state index contributed by atoms with van der Waals surface area (Å²) >= 11 is 0. The number of halogens is 1. The van der Waals surface area contributed by atoms with Crippen LogP contribution in [0, 0.1) is 24.1 Å². The van der Waals surface area contributed by atoms with Gasteiger partial charge in [0, 0.05) is 5.56 Å². The molecule has 1 aromatic heterocycles. The molecule has 0 spiro atoms. The van der Waals surface area contributed by atoms with Crippen LogP contribution < -0.4 is 4.74 Å². The first-order valence-corrected chi connectivity index (χ1v) is 7.25. The Morgan fingerprint density at radius 2 is 2.12 bits per heavy atom. The third-order valence-corrected chi connectivity index (χ3v) is 3.72. The van der Waals surface area contributed by atoms with Crippen LogP contribution in [0.15, 0.2) is 42.6 Å². The van der Waals surface area contributed by atoms with Crippen molar-refractivity contribution in [2.45, 2.75) is 6.92 Å². The molecule has 2 N–H and O–H groups in total. The van der Waals surface area contributed by atoms with Crippen molar-refractivity contribution in [3.8, 4) is 28.8 Å². The largest absolute Gasteiger partial charge is 0.478 e. The molecule has 0 aliphatic carbocycles. The van der Waals surface area contributed by atoms with E-state index < -0.39 is 11.8 Å². The van der Waals surface area contributed by atoms with Gasteiger partial charge in [-0.2, -0.15) is 10.4 Å². The summed E-state index contributed by atoms with van der Waals surface area (Å²) in [6, 6.07) is 10.5. The Labute approximate surface area is 142 Å². The van der Waals surface area contributed by atoms with Crippen LogP contribution in [0.25, 0.3) is 11.3 Å². The first kappa shape index (κ1) is 16.2. The molecule has 3 aromatic rings. The lowest BCUT2D eigenvalue weighted by atomic mass is 10.00. The lowest BCUT2D eigenvalue weighted by Crippen LogP contribution is -2.01. The van der Waals surface area contributed by atoms with Gasteiger partial charge in [-0.1, -0.05) is 12.1 Å². The molecule has 0 unspecified atom stereocenters. The Hall–Kier alpha value is -3.66. The molecule has 7 heteroatoms. The van der Waals surface area contributed by atoms with Crippen LogP contribution in [0.4, 0.5) is 4.39 Å². The number of nitrogens with zero attached hydrogens (tertiary/aromatic N) is 2. The molecular weight excluding hydrogens is 325 g/mol. The van der Waals surface area contributed by atoms with Crippen molar-refractivity contribution >= 4 is 5.97 Å². The Kier molecular flexibility index (Phi) is 4.18. The number of carboxylic acids is 1. The number of aromatic nitrogens is 2. The SMILES string of the molecule is Cc1c(C(=O)O)cccc1-c1[nH]ncc1Oc1ccc(C#N)cc1F. The van der Waals surface area contributed by atoms with Crippen molar-refractivity contribution in [1.29, 1.82) is 5.26 Å². The molecule has 2 aromatic carbocycles. The number of nitriles is 1. The van der Waals surface area contributed by atoms with Crippen LogP contribution >= 0.6 is 0 Å². The van der Waals surface area contributed by atoms with Gasteiger partial charge < -0.3 is 9.84 Å². The first-order valence-electron chi connectivity index (χ1n) is 7.25. The molecule has 0 radical (unpaired) electrons. The van der Waals surface area contributed by atoms with Gasteiger partial charge in [0.05, 0.1) is 23.4 Å². The number of carboxylic acid groups (broad SMARTS) is 1. The van der Waals surface area contributed by atoms with Crippen molar-refractivity contribution in [3.63, 3.8) is 0 Å². The molecule has 1 heterocycles. The monoisotopic (exact) mass is 337 g/mol. The Balaban J connectivity index is 2.01. The summed E-state index contributed by atoms with van der Waals surface area (Å²) in [6.07, 6.45) is 1.37. The molecular formula is C18H12FN3O3. The number of benzene rings is 2. The summed E-state index contributed by atoms with van der Waals surface area (Å²) in [5.74, 6) is -1.54. The van der Waals surface area contributed by atoms with E-state index in [1.807, 2.05) is 6.07 Å². The highest BCUT2D eigenvalue weighted by Gasteiger charge is 2.17. The maximum absolute atomic E-state index is 14.0. The van der Waals surface area contributed by atoms with Crippen molar-refractivity contribution < 1.29 is 19.0 Å². The second-order valence-electron chi connectivity index (χ2n) is 5.25. The lowest BCUT2D eigenvalue weighted by Gasteiger charge is -2.10. The number of H-pyrrole nitrogens is 1. The zero-order valence-corrected chi connectivity index (χ0v) is 13.1. The molecule has 0 saturated heterocycles. The molecule has 3 rings (SSSR count). The lowest BCUT2D eigenvalue weighted by molar-refractivity contribution is 0.0696. The third-order valence-electron chi connectivity index (χ3n) is 3.72. The number of nitrogens with one attached hydrogen (secondary N) is 1. The van der Waals surface area contributed by atoms with Gasteiger partial charge in [0.1, 0.15) is 5.69 Å². The zero-order valence-electron chi connectivity index (χ0n) is 13.1. The fourth-order valence-electron chi connectivity index (χ4n) is 2.46. The number of rotatable bonds is 4. The molecule has 0 aliphatic rings. The fraction of sp³-hybridized carbons (Fsp3) is 0.0556. The van der Waals surface area contributed by atoms with Crippen LogP contribution in [0.2, 0.25) is 0 Å². The average molecular weight is 337 g/mol. The van der Waals surface area contributed by atoms with Crippen LogP contribution in [0.5, 0.6) is 11.5 Å². The van der Waals surface area contributed by atoms with Crippen molar-refractivity contribution in [2.75, 3.05) is 0 Å². The van der Waals surface area contributed by atoms with Gasteiger partial charge in [-0.15, -0.1) is 0 Å². The van der Waals surface area contributed by atoms with Gasteiger partial charge in [0.25, 0.3) is 0 Å². The minimum atomic E-state index is -1.04. The van der Waals surface area contributed by atoms with E-state index in [-0.39, 0.29) is 22.6 Å². The van der Waals surface area contributed by atoms with E-state index in [2.05, 4.69) is 10.2 Å². The van der Waals surface area contributed by atoms with Crippen molar-refractivity contribution in [3.05, 3.63) is 65.1 Å². The van der Waals surface area contributed by atoms with Crippen LogP contribution in [0.3, 0.4) is 0 Å². The number of aromatic amines is 1. The molecule has 0 saturated carbocycles. The number of carbonyl (C=O) groups is 1. The molecule has 0 bridgehead atoms. The Morgan fingerprint density at radius 1 is 1.32 bits per heavy atom. The maximum Gasteiger partial charge on any atom is 0.335 e. The summed E-state index contributed by atoms with van der Waals surface area (Å²) in [5.41, 5.74) is 1.89. The van der Waals surface area contributed by atoms with Crippen molar-refractivity contribution in [2.24, 2.45) is 0 Å². The highest BCUT2D eigenvalue weighted by Crippen LogP contribution is 2.35. The highest BCUT2D eigenvalue weighted by molar-refractivity contribution is 5.92. The second kappa shape index (κ2) is 6.45. The summed E-state index contributed by atoms with van der Waals surface area (Å²) < 4.78 is 19.6. The summed E-state index contributed by atoms with van der Waals surface area (Å²) in [6.45, 7) is 1.67. The van der Waals surface area contributed by atoms with Gasteiger partial charge in [0.15, 0.2) is 17.3 Å². The molecule has 0 atom stereocenters. The predicted molar refractivity (Wildman–Crippen MR) is 86.9 cm³/mol. The van der Waals surface area contributed by atoms with E-state index in [9.17, 15) is 14.3 Å². The minimum Gasteiger partial charge on any atom is -0.478 e. The maximum atomic E-state index is 14.0. The van der Waals surface area contributed by atoms with Gasteiger partial charge in [-0.25, -0.2) is 9.18 Å². The molecule has 25 heavy (non-hydrogen) atoms. The zero-order chi connectivity index (χ0) is 18.0. The van der Waals surface area contributed by atoms with Gasteiger partial charge in [-0.05, 0) is 36.8 Å². The molecule has 0 aliphatic heterocycles. The van der Waals surface area contributed by atoms with Crippen LogP contribution in [-0.4, -0.2) is 21.3 Å². The first-order chi connectivity index (χ1) is 12.0. The molecule has 0 fully saturated rings. The highest BCUT2D eigenvalue weighted by atomic mass is 19.1. The summed E-state index contributed by atoms with van der Waals surface area (Å²) in [4.78, 5) is 11.3. The number of hydrogen-bond donors (Lipinski definition) is 2. The topological polar surface area (TPSA) is 99.0 Å². The van der Waals surface area contributed by atoms with E-state index >= 15 is 0 Å². The Bertz CT molecular complexity index is 1010. The summed E-state index contributed by atoms with van der Waals surface area (Å²) in [7, 11) is 0. The normalized spacial score (nSPS) is 10.3. The predicted octanol–water partition coefficient (Wildman–Crippen LogP) is 3.89. The minimum absolute atomic E-state index is 0.0614. The molecule has 124 valence electrons. The number of ether oxygens (including phenoxy) is 1. The van der Waals surface area contributed by atoms with Crippen LogP contribution in [0.1, 0.15) is 21.5 Å². The quantitative estimate of drug-likeness (QED) is 0.752. The summed E-state index contributed by atoms with van der Waals surface area (Å²) in [5, 5.41) is 24.7. The number of hydrogen-bond acceptors (Lipinski definition) is 4. The van der Waals surface area contributed by atoms with E-state index in [0.29, 0.717) is 16.8 Å². The molecule has 0 amide bonds. The van der Waals surface area contributed by atoms with E-state index in [0.717, 1.165) is 6.07 Å². The fourth-order valence-corrected chi connectivity index (χ4v) is 2.46. The van der Waals surface area contributed by atoms with E-state index in [1.165, 1.54) is 24.4 Å². The van der Waals surface area contributed by atoms with Crippen LogP contribution in [-0.2, 0) is 0 Å². The van der Waals surface area contributed by atoms with Crippen molar-refractivity contribution in [1.82, 2.24) is 10.2 Å². The number of aromatic carboxylic acids is 1. The van der Waals surface area contributed by atoms with Gasteiger partial charge in [-0.3, -0.25) is 5.10 Å². The Morgan fingerprint density at radius 3 is 2.80 bits per heavy atom. The second-order valence-corrected chi connectivity index (χ2v) is 5.25. The smallest absolute Gasteiger partial charge is 0.335 e. The van der Waals surface area contributed by atoms with E-state index in [4.69, 9.17) is 10.00 Å². The molecule has 6 nitrogen and oxygen atoms in total. The standard InChI is InChI=1S/C18H12FN3O3/c1-10-12(3-2-4-13(10)18(23)24)17-16(9-21-22-17)25-15-6-5-11(8-20)7-14(15)19/h2-7,9H,1H3,(H,21,22)(H,23,24). The van der Waals surface area contributed by atoms with E-state index in [1.54, 1.807) is 19.1 Å². The third kappa shape index (κ3) is 3.05. The van der Waals surface area contributed by atoms with Gasteiger partial charge in [0.2, 0.25) is 0 Å². The average Bonchev–Trinajstić information content (AvgIpc) is 3.04.